The maximum atomic E-state index is 12.3. The van der Waals surface area contributed by atoms with Crippen molar-refractivity contribution in [3.8, 4) is 0 Å². The lowest BCUT2D eigenvalue weighted by atomic mass is 10.1. The van der Waals surface area contributed by atoms with Crippen LogP contribution in [0.15, 0.2) is 60.8 Å². The van der Waals surface area contributed by atoms with Crippen LogP contribution >= 0.6 is 0 Å². The molecule has 1 aromatic carbocycles. The number of piperidine rings is 1. The quantitative estimate of drug-likeness (QED) is 0.833. The SMILES string of the molecule is O=C(Nc1ccccc1)NC1CCN(C(=O)C=Cc2ccccn2)CC1. The van der Waals surface area contributed by atoms with Crippen LogP contribution in [0.3, 0.4) is 0 Å². The molecule has 0 saturated carbocycles. The van der Waals surface area contributed by atoms with E-state index in [0.717, 1.165) is 24.2 Å². The van der Waals surface area contributed by atoms with E-state index < -0.39 is 0 Å². The average Bonchev–Trinajstić information content (AvgIpc) is 2.68. The first-order valence-corrected chi connectivity index (χ1v) is 8.71. The Kier molecular flexibility index (Phi) is 5.98. The molecular weight excluding hydrogens is 328 g/mol. The summed E-state index contributed by atoms with van der Waals surface area (Å²) in [6.45, 7) is 1.25. The molecule has 26 heavy (non-hydrogen) atoms. The van der Waals surface area contributed by atoms with Gasteiger partial charge in [-0.15, -0.1) is 0 Å². The van der Waals surface area contributed by atoms with Gasteiger partial charge in [-0.2, -0.15) is 0 Å². The number of rotatable bonds is 4. The maximum Gasteiger partial charge on any atom is 0.319 e. The van der Waals surface area contributed by atoms with Crippen LogP contribution in [0.1, 0.15) is 18.5 Å². The predicted molar refractivity (Wildman–Crippen MR) is 101 cm³/mol. The van der Waals surface area contributed by atoms with E-state index in [-0.39, 0.29) is 18.0 Å². The lowest BCUT2D eigenvalue weighted by Gasteiger charge is -2.31. The van der Waals surface area contributed by atoms with Crippen LogP contribution in [0.4, 0.5) is 10.5 Å². The predicted octanol–water partition coefficient (Wildman–Crippen LogP) is 2.91. The number of urea groups is 1. The number of nitrogens with one attached hydrogen (secondary N) is 2. The zero-order valence-electron chi connectivity index (χ0n) is 14.5. The Morgan fingerprint density at radius 3 is 2.46 bits per heavy atom. The molecular formula is C20H22N4O2. The molecule has 3 amide bonds. The van der Waals surface area contributed by atoms with E-state index in [2.05, 4.69) is 15.6 Å². The highest BCUT2D eigenvalue weighted by Gasteiger charge is 2.22. The van der Waals surface area contributed by atoms with Gasteiger partial charge in [0.25, 0.3) is 0 Å². The summed E-state index contributed by atoms with van der Waals surface area (Å²) in [6.07, 6.45) is 6.46. The first-order valence-electron chi connectivity index (χ1n) is 8.71. The molecule has 0 atom stereocenters. The van der Waals surface area contributed by atoms with Gasteiger partial charge < -0.3 is 15.5 Å². The van der Waals surface area contributed by atoms with Crippen LogP contribution in [0.2, 0.25) is 0 Å². The minimum absolute atomic E-state index is 0.0251. The molecule has 3 rings (SSSR count). The van der Waals surface area contributed by atoms with Crippen molar-refractivity contribution in [1.82, 2.24) is 15.2 Å². The second kappa shape index (κ2) is 8.80. The molecule has 2 heterocycles. The summed E-state index contributed by atoms with van der Waals surface area (Å²) in [5.41, 5.74) is 1.52. The molecule has 1 aliphatic heterocycles. The Morgan fingerprint density at radius 2 is 1.77 bits per heavy atom. The second-order valence-electron chi connectivity index (χ2n) is 6.15. The Bertz CT molecular complexity index is 754. The molecule has 2 aromatic rings. The van der Waals surface area contributed by atoms with E-state index in [9.17, 15) is 9.59 Å². The van der Waals surface area contributed by atoms with Gasteiger partial charge in [-0.25, -0.2) is 4.79 Å². The van der Waals surface area contributed by atoms with Crippen LogP contribution in [0.5, 0.6) is 0 Å². The largest absolute Gasteiger partial charge is 0.339 e. The molecule has 0 spiro atoms. The van der Waals surface area contributed by atoms with E-state index in [4.69, 9.17) is 0 Å². The topological polar surface area (TPSA) is 74.3 Å². The Labute approximate surface area is 152 Å². The molecule has 0 bridgehead atoms. The van der Waals surface area contributed by atoms with E-state index in [1.54, 1.807) is 23.2 Å². The number of carbonyl (C=O) groups excluding carboxylic acids is 2. The van der Waals surface area contributed by atoms with Crippen molar-refractivity contribution in [3.63, 3.8) is 0 Å². The molecule has 1 fully saturated rings. The third-order valence-electron chi connectivity index (χ3n) is 4.26. The van der Waals surface area contributed by atoms with Crippen molar-refractivity contribution >= 4 is 23.7 Å². The molecule has 0 radical (unpaired) electrons. The highest BCUT2D eigenvalue weighted by atomic mass is 16.2. The number of likely N-dealkylation sites (tertiary alicyclic amines) is 1. The number of pyridine rings is 1. The van der Waals surface area contributed by atoms with Gasteiger partial charge in [-0.1, -0.05) is 24.3 Å². The number of amides is 3. The van der Waals surface area contributed by atoms with Gasteiger partial charge in [0.05, 0.1) is 5.69 Å². The van der Waals surface area contributed by atoms with Gasteiger partial charge in [0.2, 0.25) is 5.91 Å². The monoisotopic (exact) mass is 350 g/mol. The van der Waals surface area contributed by atoms with Gasteiger partial charge in [0.15, 0.2) is 0 Å². The molecule has 1 saturated heterocycles. The van der Waals surface area contributed by atoms with Gasteiger partial charge in [-0.3, -0.25) is 9.78 Å². The van der Waals surface area contributed by atoms with E-state index in [1.807, 2.05) is 48.5 Å². The summed E-state index contributed by atoms with van der Waals surface area (Å²) < 4.78 is 0. The summed E-state index contributed by atoms with van der Waals surface area (Å²) in [5.74, 6) is -0.0251. The Balaban J connectivity index is 1.43. The minimum Gasteiger partial charge on any atom is -0.339 e. The number of carbonyl (C=O) groups is 2. The van der Waals surface area contributed by atoms with Crippen molar-refractivity contribution in [2.24, 2.45) is 0 Å². The maximum absolute atomic E-state index is 12.3. The van der Waals surface area contributed by atoms with Crippen LogP contribution in [-0.2, 0) is 4.79 Å². The zero-order valence-corrected chi connectivity index (χ0v) is 14.5. The summed E-state index contributed by atoms with van der Waals surface area (Å²) in [5, 5.41) is 5.78. The van der Waals surface area contributed by atoms with Crippen LogP contribution < -0.4 is 10.6 Å². The first-order chi connectivity index (χ1) is 12.7. The standard InChI is InChI=1S/C20H22N4O2/c25-19(10-9-16-6-4-5-13-21-16)24-14-11-18(12-15-24)23-20(26)22-17-7-2-1-3-8-17/h1-10,13,18H,11-12,14-15H2,(H2,22,23,26). The van der Waals surface area contributed by atoms with Crippen molar-refractivity contribution in [2.75, 3.05) is 18.4 Å². The Hall–Kier alpha value is -3.15. The fraction of sp³-hybridized carbons (Fsp3) is 0.250. The van der Waals surface area contributed by atoms with Gasteiger partial charge in [0, 0.05) is 37.1 Å². The molecule has 134 valence electrons. The molecule has 0 unspecified atom stereocenters. The fourth-order valence-corrected chi connectivity index (χ4v) is 2.85. The normalized spacial score (nSPS) is 15.0. The average molecular weight is 350 g/mol. The van der Waals surface area contributed by atoms with Crippen LogP contribution in [-0.4, -0.2) is 41.0 Å². The second-order valence-corrected chi connectivity index (χ2v) is 6.15. The lowest BCUT2D eigenvalue weighted by molar-refractivity contribution is -0.126. The van der Waals surface area contributed by atoms with Gasteiger partial charge in [-0.05, 0) is 43.2 Å². The van der Waals surface area contributed by atoms with Crippen molar-refractivity contribution in [3.05, 3.63) is 66.5 Å². The summed E-state index contributed by atoms with van der Waals surface area (Å²) >= 11 is 0. The number of aromatic nitrogens is 1. The van der Waals surface area contributed by atoms with E-state index in [1.165, 1.54) is 0 Å². The molecule has 6 nitrogen and oxygen atoms in total. The summed E-state index contributed by atoms with van der Waals surface area (Å²) in [7, 11) is 0. The first kappa shape index (κ1) is 17.7. The van der Waals surface area contributed by atoms with E-state index >= 15 is 0 Å². The number of anilines is 1. The number of hydrogen-bond acceptors (Lipinski definition) is 3. The molecule has 1 aliphatic rings. The van der Waals surface area contributed by atoms with Crippen molar-refractivity contribution in [1.29, 1.82) is 0 Å². The molecule has 2 N–H and O–H groups in total. The zero-order chi connectivity index (χ0) is 18.2. The summed E-state index contributed by atoms with van der Waals surface area (Å²) in [4.78, 5) is 30.2. The lowest BCUT2D eigenvalue weighted by Crippen LogP contribution is -2.47. The molecule has 6 heteroatoms. The minimum atomic E-state index is -0.212. The number of benzene rings is 1. The fourth-order valence-electron chi connectivity index (χ4n) is 2.85. The number of hydrogen-bond donors (Lipinski definition) is 2. The molecule has 1 aromatic heterocycles. The van der Waals surface area contributed by atoms with Gasteiger partial charge in [0.1, 0.15) is 0 Å². The third kappa shape index (κ3) is 5.17. The van der Waals surface area contributed by atoms with Crippen molar-refractivity contribution < 1.29 is 9.59 Å². The van der Waals surface area contributed by atoms with Gasteiger partial charge >= 0.3 is 6.03 Å². The highest BCUT2D eigenvalue weighted by molar-refractivity contribution is 5.91. The van der Waals surface area contributed by atoms with Crippen molar-refractivity contribution in [2.45, 2.75) is 18.9 Å². The number of nitrogens with zero attached hydrogens (tertiary/aromatic N) is 2. The smallest absolute Gasteiger partial charge is 0.319 e. The number of para-hydroxylation sites is 1. The third-order valence-corrected chi connectivity index (χ3v) is 4.26. The summed E-state index contributed by atoms with van der Waals surface area (Å²) in [6, 6.07) is 14.8. The highest BCUT2D eigenvalue weighted by Crippen LogP contribution is 2.12. The molecule has 0 aliphatic carbocycles. The van der Waals surface area contributed by atoms with Crippen LogP contribution in [0, 0.1) is 0 Å². The Morgan fingerprint density at radius 1 is 1.04 bits per heavy atom. The van der Waals surface area contributed by atoms with E-state index in [0.29, 0.717) is 13.1 Å². The van der Waals surface area contributed by atoms with Crippen LogP contribution in [0.25, 0.3) is 6.08 Å².